The van der Waals surface area contributed by atoms with Crippen molar-refractivity contribution in [2.24, 2.45) is 0 Å². The summed E-state index contributed by atoms with van der Waals surface area (Å²) in [5.74, 6) is -0.0754. The van der Waals surface area contributed by atoms with Crippen molar-refractivity contribution < 1.29 is 19.1 Å². The number of hydrogen-bond donors (Lipinski definition) is 2. The van der Waals surface area contributed by atoms with Gasteiger partial charge in [-0.05, 0) is 17.7 Å². The fraction of sp³-hybridized carbons (Fsp3) is 0.125. The number of hydrogen-bond acceptors (Lipinski definition) is 4. The lowest BCUT2D eigenvalue weighted by molar-refractivity contribution is 0.0902. The third kappa shape index (κ3) is 4.24. The van der Waals surface area contributed by atoms with E-state index < -0.39 is 12.0 Å². The number of methoxy groups -OCH3 is 1. The van der Waals surface area contributed by atoms with Gasteiger partial charge in [0.2, 0.25) is 0 Å². The second-order valence-corrected chi connectivity index (χ2v) is 4.34. The molecule has 0 unspecified atom stereocenters. The Morgan fingerprint density at radius 2 is 1.64 bits per heavy atom. The molecule has 0 saturated carbocycles. The Morgan fingerprint density at radius 3 is 2.36 bits per heavy atom. The van der Waals surface area contributed by atoms with Crippen LogP contribution in [0.15, 0.2) is 54.6 Å². The first-order valence-corrected chi connectivity index (χ1v) is 6.61. The fourth-order valence-corrected chi connectivity index (χ4v) is 1.77. The Morgan fingerprint density at radius 1 is 0.955 bits per heavy atom. The van der Waals surface area contributed by atoms with Gasteiger partial charge in [0.25, 0.3) is 5.91 Å². The van der Waals surface area contributed by atoms with Crippen LogP contribution in [-0.4, -0.2) is 19.1 Å². The number of carbonyl (C=O) groups is 2. The zero-order valence-corrected chi connectivity index (χ0v) is 12.0. The van der Waals surface area contributed by atoms with Gasteiger partial charge in [-0.25, -0.2) is 10.2 Å². The van der Waals surface area contributed by atoms with Crippen LogP contribution in [0.4, 0.5) is 4.79 Å². The third-order valence-corrected chi connectivity index (χ3v) is 2.84. The number of hydrazine groups is 1. The van der Waals surface area contributed by atoms with Gasteiger partial charge in [0.05, 0.1) is 12.7 Å². The quantitative estimate of drug-likeness (QED) is 0.849. The van der Waals surface area contributed by atoms with E-state index in [0.717, 1.165) is 5.56 Å². The Hall–Kier alpha value is -3.02. The number of para-hydroxylation sites is 1. The highest BCUT2D eigenvalue weighted by Gasteiger charge is 2.12. The highest BCUT2D eigenvalue weighted by atomic mass is 16.6. The zero-order chi connectivity index (χ0) is 15.8. The summed E-state index contributed by atoms with van der Waals surface area (Å²) in [5, 5.41) is 0. The molecule has 6 heteroatoms. The molecular weight excluding hydrogens is 284 g/mol. The van der Waals surface area contributed by atoms with Gasteiger partial charge in [0.15, 0.2) is 0 Å². The van der Waals surface area contributed by atoms with Gasteiger partial charge in [-0.2, -0.15) is 0 Å². The summed E-state index contributed by atoms with van der Waals surface area (Å²) < 4.78 is 10.0. The van der Waals surface area contributed by atoms with Crippen molar-refractivity contribution >= 4 is 12.0 Å². The molecule has 2 aromatic rings. The molecule has 2 aromatic carbocycles. The van der Waals surface area contributed by atoms with Crippen molar-refractivity contribution in [2.45, 2.75) is 6.61 Å². The predicted octanol–water partition coefficient (Wildman–Crippen LogP) is 2.27. The fourth-order valence-electron chi connectivity index (χ4n) is 1.77. The van der Waals surface area contributed by atoms with Crippen LogP contribution in [-0.2, 0) is 11.3 Å². The van der Waals surface area contributed by atoms with Crippen molar-refractivity contribution in [3.8, 4) is 5.75 Å². The summed E-state index contributed by atoms with van der Waals surface area (Å²) in [7, 11) is 1.47. The van der Waals surface area contributed by atoms with Crippen LogP contribution in [0.5, 0.6) is 5.75 Å². The SMILES string of the molecule is COc1ccccc1C(=O)NNC(=O)OCc1ccccc1. The summed E-state index contributed by atoms with van der Waals surface area (Å²) in [5.41, 5.74) is 5.62. The molecule has 2 amide bonds. The number of amides is 2. The lowest BCUT2D eigenvalue weighted by atomic mass is 10.2. The molecule has 0 spiro atoms. The normalized spacial score (nSPS) is 9.68. The van der Waals surface area contributed by atoms with Crippen LogP contribution in [0.1, 0.15) is 15.9 Å². The molecule has 114 valence electrons. The molecule has 0 saturated heterocycles. The highest BCUT2D eigenvalue weighted by molar-refractivity contribution is 5.97. The molecular formula is C16H16N2O4. The maximum Gasteiger partial charge on any atom is 0.426 e. The third-order valence-electron chi connectivity index (χ3n) is 2.84. The number of carbonyl (C=O) groups excluding carboxylic acids is 2. The first kappa shape index (κ1) is 15.4. The Labute approximate surface area is 128 Å². The van der Waals surface area contributed by atoms with Gasteiger partial charge in [-0.15, -0.1) is 0 Å². The molecule has 0 fully saturated rings. The van der Waals surface area contributed by atoms with E-state index in [1.165, 1.54) is 7.11 Å². The van der Waals surface area contributed by atoms with E-state index in [-0.39, 0.29) is 6.61 Å². The molecule has 0 aliphatic rings. The van der Waals surface area contributed by atoms with Gasteiger partial charge in [0.1, 0.15) is 12.4 Å². The molecule has 0 aliphatic carbocycles. The predicted molar refractivity (Wildman–Crippen MR) is 80.2 cm³/mol. The van der Waals surface area contributed by atoms with Gasteiger partial charge >= 0.3 is 6.09 Å². The number of nitrogens with one attached hydrogen (secondary N) is 2. The molecule has 0 aromatic heterocycles. The second-order valence-electron chi connectivity index (χ2n) is 4.34. The number of rotatable bonds is 4. The van der Waals surface area contributed by atoms with Crippen molar-refractivity contribution in [1.82, 2.24) is 10.9 Å². The number of benzene rings is 2. The molecule has 0 heterocycles. The summed E-state index contributed by atoms with van der Waals surface area (Å²) in [6.07, 6.45) is -0.743. The molecule has 0 bridgehead atoms. The van der Waals surface area contributed by atoms with Gasteiger partial charge in [-0.1, -0.05) is 42.5 Å². The lowest BCUT2D eigenvalue weighted by Crippen LogP contribution is -2.41. The molecule has 0 atom stereocenters. The number of ether oxygens (including phenoxy) is 2. The topological polar surface area (TPSA) is 76.7 Å². The van der Waals surface area contributed by atoms with E-state index in [1.54, 1.807) is 24.3 Å². The monoisotopic (exact) mass is 300 g/mol. The van der Waals surface area contributed by atoms with E-state index >= 15 is 0 Å². The van der Waals surface area contributed by atoms with E-state index in [4.69, 9.17) is 9.47 Å². The van der Waals surface area contributed by atoms with Gasteiger partial charge in [-0.3, -0.25) is 10.2 Å². The van der Waals surface area contributed by atoms with Crippen LogP contribution >= 0.6 is 0 Å². The summed E-state index contributed by atoms with van der Waals surface area (Å²) in [4.78, 5) is 23.5. The minimum atomic E-state index is -0.743. The Bertz CT molecular complexity index is 644. The smallest absolute Gasteiger partial charge is 0.426 e. The molecule has 22 heavy (non-hydrogen) atoms. The molecule has 0 radical (unpaired) electrons. The van der Waals surface area contributed by atoms with Crippen molar-refractivity contribution in [3.05, 3.63) is 65.7 Å². The summed E-state index contributed by atoms with van der Waals surface area (Å²) in [6.45, 7) is 0.122. The average Bonchev–Trinajstić information content (AvgIpc) is 2.58. The Kier molecular flexibility index (Phi) is 5.37. The summed E-state index contributed by atoms with van der Waals surface area (Å²) >= 11 is 0. The minimum absolute atomic E-state index is 0.122. The second kappa shape index (κ2) is 7.68. The minimum Gasteiger partial charge on any atom is -0.496 e. The standard InChI is InChI=1S/C16H16N2O4/c1-21-14-10-6-5-9-13(14)15(19)17-18-16(20)22-11-12-7-3-2-4-8-12/h2-10H,11H2,1H3,(H,17,19)(H,18,20). The molecule has 0 aliphatic heterocycles. The average molecular weight is 300 g/mol. The maximum atomic E-state index is 11.9. The molecule has 2 N–H and O–H groups in total. The van der Waals surface area contributed by atoms with Crippen molar-refractivity contribution in [1.29, 1.82) is 0 Å². The van der Waals surface area contributed by atoms with Crippen LogP contribution in [0.25, 0.3) is 0 Å². The zero-order valence-electron chi connectivity index (χ0n) is 12.0. The van der Waals surface area contributed by atoms with Gasteiger partial charge in [0, 0.05) is 0 Å². The first-order chi connectivity index (χ1) is 10.7. The van der Waals surface area contributed by atoms with Crippen LogP contribution in [0.2, 0.25) is 0 Å². The Balaban J connectivity index is 1.82. The largest absolute Gasteiger partial charge is 0.496 e. The maximum absolute atomic E-state index is 11.9. The van der Waals surface area contributed by atoms with Crippen molar-refractivity contribution in [3.63, 3.8) is 0 Å². The highest BCUT2D eigenvalue weighted by Crippen LogP contribution is 2.16. The van der Waals surface area contributed by atoms with Crippen LogP contribution in [0, 0.1) is 0 Å². The van der Waals surface area contributed by atoms with E-state index in [1.807, 2.05) is 30.3 Å². The molecule has 6 nitrogen and oxygen atoms in total. The lowest BCUT2D eigenvalue weighted by Gasteiger charge is -2.10. The summed E-state index contributed by atoms with van der Waals surface area (Å²) in [6, 6.07) is 15.9. The van der Waals surface area contributed by atoms with Crippen molar-refractivity contribution in [2.75, 3.05) is 7.11 Å². The first-order valence-electron chi connectivity index (χ1n) is 6.61. The van der Waals surface area contributed by atoms with E-state index in [0.29, 0.717) is 11.3 Å². The van der Waals surface area contributed by atoms with Crippen LogP contribution < -0.4 is 15.6 Å². The molecule has 2 rings (SSSR count). The van der Waals surface area contributed by atoms with E-state index in [2.05, 4.69) is 10.9 Å². The van der Waals surface area contributed by atoms with Gasteiger partial charge < -0.3 is 9.47 Å². The van der Waals surface area contributed by atoms with Crippen LogP contribution in [0.3, 0.4) is 0 Å². The van der Waals surface area contributed by atoms with E-state index in [9.17, 15) is 9.59 Å².